The molecule has 1 aliphatic carbocycles. The van der Waals surface area contributed by atoms with Gasteiger partial charge in [0, 0.05) is 25.6 Å². The number of nitrogens with zero attached hydrogens (tertiary/aromatic N) is 2. The molecule has 0 N–H and O–H groups in total. The number of esters is 1. The van der Waals surface area contributed by atoms with Crippen molar-refractivity contribution < 1.29 is 9.53 Å². The molecule has 0 bridgehead atoms. The van der Waals surface area contributed by atoms with Crippen molar-refractivity contribution in [2.75, 3.05) is 13.1 Å². The van der Waals surface area contributed by atoms with Crippen LogP contribution in [0.5, 0.6) is 0 Å². The van der Waals surface area contributed by atoms with Gasteiger partial charge < -0.3 is 4.74 Å². The second-order valence-corrected chi connectivity index (χ2v) is 5.51. The van der Waals surface area contributed by atoms with Crippen LogP contribution >= 0.6 is 0 Å². The highest BCUT2D eigenvalue weighted by Gasteiger charge is 2.29. The van der Waals surface area contributed by atoms with Crippen LogP contribution in [0.4, 0.5) is 0 Å². The summed E-state index contributed by atoms with van der Waals surface area (Å²) in [6, 6.07) is 2.74. The predicted molar refractivity (Wildman–Crippen MR) is 65.3 cm³/mol. The molecule has 4 heteroatoms. The highest BCUT2D eigenvalue weighted by Crippen LogP contribution is 2.27. The Bertz CT molecular complexity index is 298. The zero-order valence-corrected chi connectivity index (χ0v) is 11.0. The normalized spacial score (nSPS) is 15.7. The van der Waals surface area contributed by atoms with Crippen molar-refractivity contribution in [1.29, 1.82) is 5.26 Å². The predicted octanol–water partition coefficient (Wildman–Crippen LogP) is 2.10. The van der Waals surface area contributed by atoms with Crippen LogP contribution in [0.15, 0.2) is 0 Å². The Kier molecular flexibility index (Phi) is 4.95. The Morgan fingerprint density at radius 2 is 2.06 bits per heavy atom. The molecular weight excluding hydrogens is 216 g/mol. The van der Waals surface area contributed by atoms with Crippen LogP contribution in [0.2, 0.25) is 0 Å². The Balaban J connectivity index is 2.26. The number of carbonyl (C=O) groups excluding carboxylic acids is 1. The van der Waals surface area contributed by atoms with Gasteiger partial charge in [-0.3, -0.25) is 9.69 Å². The van der Waals surface area contributed by atoms with Gasteiger partial charge >= 0.3 is 5.97 Å². The van der Waals surface area contributed by atoms with Crippen LogP contribution in [-0.4, -0.2) is 35.6 Å². The summed E-state index contributed by atoms with van der Waals surface area (Å²) in [5.74, 6) is -0.153. The molecule has 0 spiro atoms. The van der Waals surface area contributed by atoms with Crippen LogP contribution in [0.25, 0.3) is 0 Å². The number of hydrogen-bond donors (Lipinski definition) is 0. The molecule has 0 aromatic heterocycles. The van der Waals surface area contributed by atoms with E-state index in [0.29, 0.717) is 25.4 Å². The molecule has 1 fully saturated rings. The molecule has 0 radical (unpaired) electrons. The maximum absolute atomic E-state index is 11.6. The lowest BCUT2D eigenvalue weighted by Crippen LogP contribution is -2.31. The minimum Gasteiger partial charge on any atom is -0.460 e. The second-order valence-electron chi connectivity index (χ2n) is 5.51. The fourth-order valence-corrected chi connectivity index (χ4v) is 1.74. The Morgan fingerprint density at radius 1 is 1.41 bits per heavy atom. The van der Waals surface area contributed by atoms with E-state index < -0.39 is 5.60 Å². The standard InChI is InChI=1S/C13H22N2O2/c1-13(2,3)17-12(16)7-10-15(9-4-8-14)11-5-6-11/h11H,4-7,9-10H2,1-3H3. The molecule has 0 aromatic rings. The maximum Gasteiger partial charge on any atom is 0.307 e. The third kappa shape index (κ3) is 6.28. The molecular formula is C13H22N2O2. The van der Waals surface area contributed by atoms with E-state index in [1.807, 2.05) is 20.8 Å². The van der Waals surface area contributed by atoms with Gasteiger partial charge in [0.1, 0.15) is 5.60 Å². The number of hydrogen-bond acceptors (Lipinski definition) is 4. The average molecular weight is 238 g/mol. The summed E-state index contributed by atoms with van der Waals surface area (Å²) < 4.78 is 5.26. The van der Waals surface area contributed by atoms with Crippen molar-refractivity contribution >= 4 is 5.97 Å². The summed E-state index contributed by atoms with van der Waals surface area (Å²) in [5, 5.41) is 8.58. The molecule has 0 atom stereocenters. The lowest BCUT2D eigenvalue weighted by molar-refractivity contribution is -0.155. The van der Waals surface area contributed by atoms with Crippen molar-refractivity contribution in [3.8, 4) is 6.07 Å². The molecule has 0 unspecified atom stereocenters. The molecule has 1 aliphatic rings. The Labute approximate surface area is 104 Å². The van der Waals surface area contributed by atoms with Crippen molar-refractivity contribution in [2.24, 2.45) is 0 Å². The minimum atomic E-state index is -0.409. The van der Waals surface area contributed by atoms with Gasteiger partial charge in [-0.2, -0.15) is 5.26 Å². The third-order valence-electron chi connectivity index (χ3n) is 2.60. The van der Waals surface area contributed by atoms with Gasteiger partial charge in [-0.15, -0.1) is 0 Å². The number of carbonyl (C=O) groups is 1. The van der Waals surface area contributed by atoms with Crippen LogP contribution in [-0.2, 0) is 9.53 Å². The van der Waals surface area contributed by atoms with Crippen LogP contribution < -0.4 is 0 Å². The first kappa shape index (κ1) is 14.0. The highest BCUT2D eigenvalue weighted by molar-refractivity contribution is 5.70. The van der Waals surface area contributed by atoms with Crippen molar-refractivity contribution in [3.05, 3.63) is 0 Å². The molecule has 0 aliphatic heterocycles. The van der Waals surface area contributed by atoms with Gasteiger partial charge in [0.25, 0.3) is 0 Å². The molecule has 1 rings (SSSR count). The van der Waals surface area contributed by atoms with Gasteiger partial charge in [-0.25, -0.2) is 0 Å². The smallest absolute Gasteiger partial charge is 0.307 e. The SMILES string of the molecule is CC(C)(C)OC(=O)CCN(CCC#N)C1CC1. The van der Waals surface area contributed by atoms with Crippen molar-refractivity contribution in [2.45, 2.75) is 58.1 Å². The molecule has 17 heavy (non-hydrogen) atoms. The van der Waals surface area contributed by atoms with E-state index >= 15 is 0 Å². The Hall–Kier alpha value is -1.08. The van der Waals surface area contributed by atoms with E-state index in [4.69, 9.17) is 10.00 Å². The zero-order valence-electron chi connectivity index (χ0n) is 11.0. The summed E-state index contributed by atoms with van der Waals surface area (Å²) in [4.78, 5) is 13.8. The molecule has 0 amide bonds. The molecule has 4 nitrogen and oxygen atoms in total. The number of ether oxygens (including phenoxy) is 1. The minimum absolute atomic E-state index is 0.153. The average Bonchev–Trinajstić information content (AvgIpc) is 2.99. The van der Waals surface area contributed by atoms with E-state index in [1.54, 1.807) is 0 Å². The first-order valence-corrected chi connectivity index (χ1v) is 6.25. The van der Waals surface area contributed by atoms with Crippen LogP contribution in [0, 0.1) is 11.3 Å². The summed E-state index contributed by atoms with van der Waals surface area (Å²) in [5.41, 5.74) is -0.409. The van der Waals surface area contributed by atoms with Gasteiger partial charge in [-0.1, -0.05) is 0 Å². The summed E-state index contributed by atoms with van der Waals surface area (Å²) in [7, 11) is 0. The molecule has 0 aromatic carbocycles. The molecule has 0 saturated heterocycles. The highest BCUT2D eigenvalue weighted by atomic mass is 16.6. The molecule has 1 saturated carbocycles. The van der Waals surface area contributed by atoms with E-state index in [2.05, 4.69) is 11.0 Å². The monoisotopic (exact) mass is 238 g/mol. The summed E-state index contributed by atoms with van der Waals surface area (Å²) >= 11 is 0. The lowest BCUT2D eigenvalue weighted by atomic mass is 10.2. The van der Waals surface area contributed by atoms with E-state index in [-0.39, 0.29) is 5.97 Å². The quantitative estimate of drug-likeness (QED) is 0.665. The number of rotatable bonds is 6. The molecule has 0 heterocycles. The van der Waals surface area contributed by atoms with Crippen molar-refractivity contribution in [3.63, 3.8) is 0 Å². The van der Waals surface area contributed by atoms with Gasteiger partial charge in [0.05, 0.1) is 12.5 Å². The van der Waals surface area contributed by atoms with Crippen LogP contribution in [0.1, 0.15) is 46.5 Å². The fraction of sp³-hybridized carbons (Fsp3) is 0.846. The number of nitriles is 1. The largest absolute Gasteiger partial charge is 0.460 e. The fourth-order valence-electron chi connectivity index (χ4n) is 1.74. The molecule has 96 valence electrons. The van der Waals surface area contributed by atoms with Gasteiger partial charge in [-0.05, 0) is 33.6 Å². The maximum atomic E-state index is 11.6. The van der Waals surface area contributed by atoms with E-state index in [1.165, 1.54) is 12.8 Å². The Morgan fingerprint density at radius 3 is 2.53 bits per heavy atom. The van der Waals surface area contributed by atoms with Crippen LogP contribution in [0.3, 0.4) is 0 Å². The summed E-state index contributed by atoms with van der Waals surface area (Å²) in [6.07, 6.45) is 3.34. The topological polar surface area (TPSA) is 53.3 Å². The third-order valence-corrected chi connectivity index (χ3v) is 2.60. The van der Waals surface area contributed by atoms with Crippen molar-refractivity contribution in [1.82, 2.24) is 4.90 Å². The summed E-state index contributed by atoms with van der Waals surface area (Å²) in [6.45, 7) is 7.10. The zero-order chi connectivity index (χ0) is 12.9. The first-order valence-electron chi connectivity index (χ1n) is 6.25. The lowest BCUT2D eigenvalue weighted by Gasteiger charge is -2.23. The van der Waals surface area contributed by atoms with Gasteiger partial charge in [0.2, 0.25) is 0 Å². The van der Waals surface area contributed by atoms with Gasteiger partial charge in [0.15, 0.2) is 0 Å². The first-order chi connectivity index (χ1) is 7.92. The van der Waals surface area contributed by atoms with E-state index in [9.17, 15) is 4.79 Å². The van der Waals surface area contributed by atoms with E-state index in [0.717, 1.165) is 6.54 Å². The second kappa shape index (κ2) is 6.02.